The zero-order valence-electron chi connectivity index (χ0n) is 17.0. The lowest BCUT2D eigenvalue weighted by Crippen LogP contribution is -2.22. The third-order valence-electron chi connectivity index (χ3n) is 5.03. The van der Waals surface area contributed by atoms with Crippen molar-refractivity contribution in [1.82, 2.24) is 9.97 Å². The highest BCUT2D eigenvalue weighted by molar-refractivity contribution is 6.05. The van der Waals surface area contributed by atoms with Gasteiger partial charge < -0.3 is 15.0 Å². The molecule has 3 aromatic rings. The third kappa shape index (κ3) is 4.40. The fraction of sp³-hybridized carbons (Fsp3) is 0.261. The van der Waals surface area contributed by atoms with Crippen LogP contribution in [0.25, 0.3) is 0 Å². The molecule has 1 aliphatic heterocycles. The average molecular weight is 406 g/mol. The van der Waals surface area contributed by atoms with Gasteiger partial charge in [0.15, 0.2) is 0 Å². The summed E-state index contributed by atoms with van der Waals surface area (Å²) in [7, 11) is 0. The summed E-state index contributed by atoms with van der Waals surface area (Å²) in [6.07, 6.45) is 2.30. The molecule has 0 saturated carbocycles. The minimum absolute atomic E-state index is 0.275. The summed E-state index contributed by atoms with van der Waals surface area (Å²) in [6, 6.07) is 12.5. The van der Waals surface area contributed by atoms with Gasteiger partial charge in [-0.2, -0.15) is 0 Å². The van der Waals surface area contributed by atoms with Crippen molar-refractivity contribution in [2.24, 2.45) is 0 Å². The van der Waals surface area contributed by atoms with Crippen LogP contribution in [0.1, 0.15) is 34.6 Å². The topological polar surface area (TPSA) is 67.4 Å². The number of halogens is 1. The number of amides is 1. The van der Waals surface area contributed by atoms with Gasteiger partial charge in [0.2, 0.25) is 5.95 Å². The minimum atomic E-state index is -0.334. The Balaban J connectivity index is 1.50. The Hall–Kier alpha value is -3.48. The number of benzene rings is 2. The van der Waals surface area contributed by atoms with Crippen LogP contribution in [0.5, 0.6) is 11.5 Å². The molecule has 0 unspecified atom stereocenters. The molecule has 30 heavy (non-hydrogen) atoms. The van der Waals surface area contributed by atoms with Gasteiger partial charge in [-0.15, -0.1) is 0 Å². The molecule has 1 fully saturated rings. The molecule has 1 saturated heterocycles. The maximum absolute atomic E-state index is 13.1. The van der Waals surface area contributed by atoms with Gasteiger partial charge in [0.05, 0.1) is 17.1 Å². The molecule has 0 aliphatic carbocycles. The molecule has 7 heteroatoms. The third-order valence-corrected chi connectivity index (χ3v) is 5.03. The summed E-state index contributed by atoms with van der Waals surface area (Å²) >= 11 is 0. The predicted octanol–water partition coefficient (Wildman–Crippen LogP) is 4.88. The molecule has 1 aromatic heterocycles. The van der Waals surface area contributed by atoms with E-state index in [9.17, 15) is 9.18 Å². The molecule has 2 aromatic carbocycles. The Kier molecular flexibility index (Phi) is 5.61. The normalized spacial score (nSPS) is 13.4. The van der Waals surface area contributed by atoms with Crippen LogP contribution in [-0.2, 0) is 0 Å². The number of nitrogens with zero attached hydrogens (tertiary/aromatic N) is 3. The van der Waals surface area contributed by atoms with E-state index < -0.39 is 0 Å². The standard InChI is InChI=1S/C23H23FN4O2/c1-15-21(16(2)26-23(25-15)28-12-3-4-13-28)27-22(29)17-6-5-7-20(14-17)30-19-10-8-18(24)9-11-19/h5-11,14H,3-4,12-13H2,1-2H3,(H,27,29). The van der Waals surface area contributed by atoms with Crippen LogP contribution < -0.4 is 15.0 Å². The number of ether oxygens (including phenoxy) is 1. The van der Waals surface area contributed by atoms with Gasteiger partial charge in [-0.1, -0.05) is 6.07 Å². The van der Waals surface area contributed by atoms with Crippen molar-refractivity contribution >= 4 is 17.5 Å². The van der Waals surface area contributed by atoms with Gasteiger partial charge in [0, 0.05) is 18.7 Å². The average Bonchev–Trinajstić information content (AvgIpc) is 3.27. The molecule has 0 bridgehead atoms. The van der Waals surface area contributed by atoms with Gasteiger partial charge in [0.1, 0.15) is 17.3 Å². The molecule has 0 radical (unpaired) electrons. The van der Waals surface area contributed by atoms with Crippen molar-refractivity contribution in [3.05, 3.63) is 71.3 Å². The number of aromatic nitrogens is 2. The van der Waals surface area contributed by atoms with Crippen LogP contribution in [0.15, 0.2) is 48.5 Å². The van der Waals surface area contributed by atoms with Crippen molar-refractivity contribution in [2.75, 3.05) is 23.3 Å². The summed E-state index contributed by atoms with van der Waals surface area (Å²) in [5.41, 5.74) is 2.53. The number of carbonyl (C=O) groups is 1. The molecular formula is C23H23FN4O2. The highest BCUT2D eigenvalue weighted by Crippen LogP contribution is 2.25. The summed E-state index contributed by atoms with van der Waals surface area (Å²) in [5, 5.41) is 2.92. The summed E-state index contributed by atoms with van der Waals surface area (Å²) < 4.78 is 18.8. The summed E-state index contributed by atoms with van der Waals surface area (Å²) in [5.74, 6) is 1.09. The second-order valence-electron chi connectivity index (χ2n) is 7.30. The van der Waals surface area contributed by atoms with Crippen molar-refractivity contribution in [3.8, 4) is 11.5 Å². The molecule has 1 aliphatic rings. The molecule has 1 N–H and O–H groups in total. The number of carbonyl (C=O) groups excluding carboxylic acids is 1. The lowest BCUT2D eigenvalue weighted by Gasteiger charge is -2.18. The van der Waals surface area contributed by atoms with E-state index in [1.807, 2.05) is 13.8 Å². The SMILES string of the molecule is Cc1nc(N2CCCC2)nc(C)c1NC(=O)c1cccc(Oc2ccc(F)cc2)c1. The maximum Gasteiger partial charge on any atom is 0.255 e. The lowest BCUT2D eigenvalue weighted by atomic mass is 10.2. The van der Waals surface area contributed by atoms with Crippen molar-refractivity contribution < 1.29 is 13.9 Å². The number of hydrogen-bond donors (Lipinski definition) is 1. The van der Waals surface area contributed by atoms with E-state index in [2.05, 4.69) is 20.2 Å². The first-order chi connectivity index (χ1) is 14.5. The maximum atomic E-state index is 13.1. The van der Waals surface area contributed by atoms with Crippen molar-refractivity contribution in [2.45, 2.75) is 26.7 Å². The van der Waals surface area contributed by atoms with Crippen LogP contribution in [-0.4, -0.2) is 29.0 Å². The summed E-state index contributed by atoms with van der Waals surface area (Å²) in [4.78, 5) is 24.2. The highest BCUT2D eigenvalue weighted by Gasteiger charge is 2.19. The Morgan fingerprint density at radius 3 is 2.33 bits per heavy atom. The Bertz CT molecular complexity index is 1040. The molecule has 4 rings (SSSR count). The van der Waals surface area contributed by atoms with Gasteiger partial charge in [-0.25, -0.2) is 14.4 Å². The van der Waals surface area contributed by atoms with E-state index in [-0.39, 0.29) is 11.7 Å². The Labute approximate surface area is 174 Å². The first-order valence-corrected chi connectivity index (χ1v) is 9.94. The van der Waals surface area contributed by atoms with Crippen molar-refractivity contribution in [3.63, 3.8) is 0 Å². The zero-order valence-corrected chi connectivity index (χ0v) is 17.0. The van der Waals surface area contributed by atoms with Crippen LogP contribution in [0.4, 0.5) is 16.0 Å². The van der Waals surface area contributed by atoms with Gasteiger partial charge in [-0.05, 0) is 69.2 Å². The molecule has 0 spiro atoms. The van der Waals surface area contributed by atoms with E-state index in [4.69, 9.17) is 4.74 Å². The fourth-order valence-corrected chi connectivity index (χ4v) is 3.46. The fourth-order valence-electron chi connectivity index (χ4n) is 3.46. The van der Waals surface area contributed by atoms with Crippen LogP contribution in [0.3, 0.4) is 0 Å². The second-order valence-corrected chi connectivity index (χ2v) is 7.30. The van der Waals surface area contributed by atoms with Gasteiger partial charge >= 0.3 is 0 Å². The number of nitrogens with one attached hydrogen (secondary N) is 1. The number of anilines is 2. The minimum Gasteiger partial charge on any atom is -0.457 e. The molecule has 0 atom stereocenters. The van der Waals surface area contributed by atoms with E-state index in [1.54, 1.807) is 24.3 Å². The quantitative estimate of drug-likeness (QED) is 0.654. The lowest BCUT2D eigenvalue weighted by molar-refractivity contribution is 0.102. The highest BCUT2D eigenvalue weighted by atomic mass is 19.1. The first-order valence-electron chi connectivity index (χ1n) is 9.94. The summed E-state index contributed by atoms with van der Waals surface area (Å²) in [6.45, 7) is 5.67. The number of rotatable bonds is 5. The molecule has 6 nitrogen and oxygen atoms in total. The van der Waals surface area contributed by atoms with E-state index in [0.717, 1.165) is 43.3 Å². The molecule has 2 heterocycles. The van der Waals surface area contributed by atoms with E-state index in [1.165, 1.54) is 24.3 Å². The van der Waals surface area contributed by atoms with E-state index in [0.29, 0.717) is 22.7 Å². The smallest absolute Gasteiger partial charge is 0.255 e. The van der Waals surface area contributed by atoms with Crippen LogP contribution >= 0.6 is 0 Å². The van der Waals surface area contributed by atoms with Gasteiger partial charge in [0.25, 0.3) is 5.91 Å². The monoisotopic (exact) mass is 406 g/mol. The Morgan fingerprint density at radius 1 is 1.00 bits per heavy atom. The zero-order chi connectivity index (χ0) is 21.1. The number of hydrogen-bond acceptors (Lipinski definition) is 5. The van der Waals surface area contributed by atoms with Crippen LogP contribution in [0.2, 0.25) is 0 Å². The second kappa shape index (κ2) is 8.49. The predicted molar refractivity (Wildman–Crippen MR) is 114 cm³/mol. The molecular weight excluding hydrogens is 383 g/mol. The van der Waals surface area contributed by atoms with Crippen molar-refractivity contribution in [1.29, 1.82) is 0 Å². The van der Waals surface area contributed by atoms with Gasteiger partial charge in [-0.3, -0.25) is 4.79 Å². The molecule has 1 amide bonds. The Morgan fingerprint density at radius 2 is 1.67 bits per heavy atom. The number of aryl methyl sites for hydroxylation is 2. The molecule has 154 valence electrons. The largest absolute Gasteiger partial charge is 0.457 e. The van der Waals surface area contributed by atoms with E-state index >= 15 is 0 Å². The van der Waals surface area contributed by atoms with Crippen LogP contribution in [0, 0.1) is 19.7 Å². The first kappa shape index (κ1) is 19.8.